The first-order valence-electron chi connectivity index (χ1n) is 6.20. The predicted molar refractivity (Wildman–Crippen MR) is 81.1 cm³/mol. The van der Waals surface area contributed by atoms with Crippen molar-refractivity contribution in [2.45, 2.75) is 18.2 Å². The van der Waals surface area contributed by atoms with Gasteiger partial charge in [-0.25, -0.2) is 13.4 Å². The van der Waals surface area contributed by atoms with Gasteiger partial charge in [0, 0.05) is 12.0 Å². The zero-order valence-electron chi connectivity index (χ0n) is 11.2. The highest BCUT2D eigenvalue weighted by Gasteiger charge is 2.16. The van der Waals surface area contributed by atoms with Gasteiger partial charge in [0.1, 0.15) is 5.15 Å². The number of carbonyl (C=O) groups is 1. The number of aromatic nitrogens is 1. The molecule has 2 rings (SSSR count). The highest BCUT2D eigenvalue weighted by molar-refractivity contribution is 7.92. The van der Waals surface area contributed by atoms with Crippen LogP contribution in [0, 0.1) is 0 Å². The lowest BCUT2D eigenvalue weighted by molar-refractivity contribution is 0.0988. The van der Waals surface area contributed by atoms with Crippen LogP contribution in [-0.2, 0) is 10.0 Å². The molecule has 1 aromatic heterocycles. The van der Waals surface area contributed by atoms with Crippen molar-refractivity contribution < 1.29 is 13.2 Å². The van der Waals surface area contributed by atoms with Crippen LogP contribution in [0.5, 0.6) is 0 Å². The second-order valence-corrected chi connectivity index (χ2v) is 6.35. The second-order valence-electron chi connectivity index (χ2n) is 4.28. The fraction of sp³-hybridized carbons (Fsp3) is 0.143. The predicted octanol–water partition coefficient (Wildman–Crippen LogP) is 3.13. The molecule has 0 bridgehead atoms. The Bertz CT molecular complexity index is 758. The summed E-state index contributed by atoms with van der Waals surface area (Å²) in [5.74, 6) is -0.111. The van der Waals surface area contributed by atoms with Crippen LogP contribution in [0.15, 0.2) is 47.5 Å². The molecular formula is C14H13ClN2O3S. The highest BCUT2D eigenvalue weighted by atomic mass is 35.5. The Kier molecular flexibility index (Phi) is 4.59. The minimum atomic E-state index is -3.78. The highest BCUT2D eigenvalue weighted by Crippen LogP contribution is 2.18. The molecule has 0 fully saturated rings. The molecule has 0 saturated heterocycles. The molecule has 0 aliphatic carbocycles. The molecule has 0 aliphatic rings. The van der Waals surface area contributed by atoms with Gasteiger partial charge in [-0.1, -0.05) is 30.7 Å². The first-order valence-corrected chi connectivity index (χ1v) is 8.06. The quantitative estimate of drug-likeness (QED) is 0.677. The van der Waals surface area contributed by atoms with E-state index in [1.54, 1.807) is 13.0 Å². The van der Waals surface area contributed by atoms with Crippen molar-refractivity contribution in [3.63, 3.8) is 0 Å². The minimum absolute atomic E-state index is 0.0248. The number of anilines is 1. The van der Waals surface area contributed by atoms with Crippen LogP contribution < -0.4 is 4.72 Å². The SMILES string of the molecule is CCC(=O)c1cccc(S(=O)(=O)Nc2ccc(Cl)nc2)c1. The number of carbonyl (C=O) groups excluding carboxylic acids is 1. The molecular weight excluding hydrogens is 312 g/mol. The molecule has 0 aliphatic heterocycles. The Balaban J connectivity index is 2.31. The third-order valence-corrected chi connectivity index (χ3v) is 4.37. The number of sulfonamides is 1. The zero-order chi connectivity index (χ0) is 15.5. The van der Waals surface area contributed by atoms with Gasteiger partial charge in [0.25, 0.3) is 10.0 Å². The van der Waals surface area contributed by atoms with Crippen molar-refractivity contribution in [3.05, 3.63) is 53.3 Å². The molecule has 110 valence electrons. The van der Waals surface area contributed by atoms with Gasteiger partial charge in [-0.2, -0.15) is 0 Å². The largest absolute Gasteiger partial charge is 0.294 e. The number of nitrogens with zero attached hydrogens (tertiary/aromatic N) is 1. The molecule has 0 amide bonds. The van der Waals surface area contributed by atoms with E-state index in [1.807, 2.05) is 0 Å². The van der Waals surface area contributed by atoms with Crippen molar-refractivity contribution in [2.75, 3.05) is 4.72 Å². The van der Waals surface area contributed by atoms with E-state index in [1.165, 1.54) is 36.5 Å². The van der Waals surface area contributed by atoms with E-state index < -0.39 is 10.0 Å². The van der Waals surface area contributed by atoms with Crippen LogP contribution in [-0.4, -0.2) is 19.2 Å². The number of Topliss-reactive ketones (excluding diaryl/α,β-unsaturated/α-hetero) is 1. The van der Waals surface area contributed by atoms with Gasteiger partial charge in [0.2, 0.25) is 0 Å². The second kappa shape index (κ2) is 6.24. The average molecular weight is 325 g/mol. The van der Waals surface area contributed by atoms with Crippen LogP contribution in [0.2, 0.25) is 5.15 Å². The summed E-state index contributed by atoms with van der Waals surface area (Å²) in [6, 6.07) is 8.91. The van der Waals surface area contributed by atoms with Crippen LogP contribution in [0.4, 0.5) is 5.69 Å². The van der Waals surface area contributed by atoms with Crippen LogP contribution in [0.1, 0.15) is 23.7 Å². The summed E-state index contributed by atoms with van der Waals surface area (Å²) in [5, 5.41) is 0.272. The Morgan fingerprint density at radius 3 is 2.67 bits per heavy atom. The first kappa shape index (κ1) is 15.5. The van der Waals surface area contributed by atoms with Gasteiger partial charge in [0.15, 0.2) is 5.78 Å². The van der Waals surface area contributed by atoms with Crippen LogP contribution >= 0.6 is 11.6 Å². The fourth-order valence-electron chi connectivity index (χ4n) is 1.69. The molecule has 1 N–H and O–H groups in total. The average Bonchev–Trinajstić information content (AvgIpc) is 2.49. The number of benzene rings is 1. The smallest absolute Gasteiger partial charge is 0.261 e. The summed E-state index contributed by atoms with van der Waals surface area (Å²) >= 11 is 5.65. The Hall–Kier alpha value is -1.92. The lowest BCUT2D eigenvalue weighted by atomic mass is 10.1. The summed E-state index contributed by atoms with van der Waals surface area (Å²) in [6.07, 6.45) is 1.64. The molecule has 0 saturated carbocycles. The number of nitrogens with one attached hydrogen (secondary N) is 1. The van der Waals surface area contributed by atoms with E-state index in [2.05, 4.69) is 9.71 Å². The number of rotatable bonds is 5. The Morgan fingerprint density at radius 2 is 2.05 bits per heavy atom. The van der Waals surface area contributed by atoms with Gasteiger partial charge in [-0.05, 0) is 24.3 Å². The number of pyridine rings is 1. The molecule has 0 radical (unpaired) electrons. The maximum Gasteiger partial charge on any atom is 0.261 e. The molecule has 0 atom stereocenters. The summed E-state index contributed by atoms with van der Waals surface area (Å²) in [7, 11) is -3.78. The van der Waals surface area contributed by atoms with E-state index in [0.29, 0.717) is 17.7 Å². The minimum Gasteiger partial charge on any atom is -0.294 e. The van der Waals surface area contributed by atoms with Gasteiger partial charge in [-0.3, -0.25) is 9.52 Å². The Labute approximate surface area is 128 Å². The van der Waals surface area contributed by atoms with Crippen molar-refractivity contribution in [3.8, 4) is 0 Å². The summed E-state index contributed by atoms with van der Waals surface area (Å²) in [5.41, 5.74) is 0.668. The summed E-state index contributed by atoms with van der Waals surface area (Å²) in [6.45, 7) is 1.72. The van der Waals surface area contributed by atoms with Crippen molar-refractivity contribution in [1.29, 1.82) is 0 Å². The maximum absolute atomic E-state index is 12.3. The normalized spacial score (nSPS) is 11.1. The summed E-state index contributed by atoms with van der Waals surface area (Å²) in [4.78, 5) is 15.5. The third-order valence-electron chi connectivity index (χ3n) is 2.77. The van der Waals surface area contributed by atoms with Crippen LogP contribution in [0.25, 0.3) is 0 Å². The monoisotopic (exact) mass is 324 g/mol. The molecule has 1 heterocycles. The van der Waals surface area contributed by atoms with E-state index in [9.17, 15) is 13.2 Å². The molecule has 21 heavy (non-hydrogen) atoms. The zero-order valence-corrected chi connectivity index (χ0v) is 12.8. The molecule has 0 spiro atoms. The van der Waals surface area contributed by atoms with Gasteiger partial charge < -0.3 is 0 Å². The van der Waals surface area contributed by atoms with Crippen LogP contribution in [0.3, 0.4) is 0 Å². The number of ketones is 1. The van der Waals surface area contributed by atoms with Crippen molar-refractivity contribution in [1.82, 2.24) is 4.98 Å². The molecule has 1 aromatic carbocycles. The number of halogens is 1. The van der Waals surface area contributed by atoms with Gasteiger partial charge in [0.05, 0.1) is 16.8 Å². The molecule has 2 aromatic rings. The molecule has 0 unspecified atom stereocenters. The van der Waals surface area contributed by atoms with E-state index in [4.69, 9.17) is 11.6 Å². The van der Waals surface area contributed by atoms with E-state index in [0.717, 1.165) is 0 Å². The lowest BCUT2D eigenvalue weighted by Crippen LogP contribution is -2.13. The van der Waals surface area contributed by atoms with E-state index >= 15 is 0 Å². The maximum atomic E-state index is 12.3. The van der Waals surface area contributed by atoms with Crippen molar-refractivity contribution >= 4 is 33.1 Å². The number of hydrogen-bond donors (Lipinski definition) is 1. The van der Waals surface area contributed by atoms with Gasteiger partial charge >= 0.3 is 0 Å². The third kappa shape index (κ3) is 3.80. The van der Waals surface area contributed by atoms with E-state index in [-0.39, 0.29) is 15.8 Å². The molecule has 5 nitrogen and oxygen atoms in total. The number of hydrogen-bond acceptors (Lipinski definition) is 4. The fourth-order valence-corrected chi connectivity index (χ4v) is 2.89. The molecule has 7 heteroatoms. The topological polar surface area (TPSA) is 76.1 Å². The summed E-state index contributed by atoms with van der Waals surface area (Å²) < 4.78 is 26.9. The first-order chi connectivity index (χ1) is 9.92. The van der Waals surface area contributed by atoms with Crippen molar-refractivity contribution in [2.24, 2.45) is 0 Å². The lowest BCUT2D eigenvalue weighted by Gasteiger charge is -2.08. The standard InChI is InChI=1S/C14H13ClN2O3S/c1-2-13(18)10-4-3-5-12(8-10)21(19,20)17-11-6-7-14(15)16-9-11/h3-9,17H,2H2,1H3. The Morgan fingerprint density at radius 1 is 1.29 bits per heavy atom. The van der Waals surface area contributed by atoms with Gasteiger partial charge in [-0.15, -0.1) is 0 Å².